The summed E-state index contributed by atoms with van der Waals surface area (Å²) in [5.41, 5.74) is 5.87. The Balaban J connectivity index is 1.30. The fourth-order valence-electron chi connectivity index (χ4n) is 3.00. The molecule has 28 heavy (non-hydrogen) atoms. The first-order chi connectivity index (χ1) is 13.6. The van der Waals surface area contributed by atoms with E-state index in [0.717, 1.165) is 24.0 Å². The van der Waals surface area contributed by atoms with Crippen LogP contribution in [0.5, 0.6) is 5.75 Å². The minimum atomic E-state index is -0.436. The third-order valence-electron chi connectivity index (χ3n) is 4.46. The number of hydrazine groups is 1. The monoisotopic (exact) mass is 446 g/mol. The lowest BCUT2D eigenvalue weighted by Gasteiger charge is -2.18. The van der Waals surface area contributed by atoms with Crippen molar-refractivity contribution in [3.63, 3.8) is 0 Å². The van der Waals surface area contributed by atoms with E-state index in [9.17, 15) is 9.59 Å². The molecule has 0 bridgehead atoms. The molecule has 0 radical (unpaired) electrons. The van der Waals surface area contributed by atoms with Gasteiger partial charge in [-0.1, -0.05) is 34.1 Å². The van der Waals surface area contributed by atoms with Crippen LogP contribution >= 0.6 is 15.9 Å². The van der Waals surface area contributed by atoms with Crippen LogP contribution in [-0.4, -0.2) is 38.2 Å². The molecule has 8 heteroatoms. The molecule has 0 aliphatic carbocycles. The molecule has 1 aliphatic rings. The number of hydrogen-bond acceptors (Lipinski definition) is 4. The van der Waals surface area contributed by atoms with Gasteiger partial charge in [-0.25, -0.2) is 10.2 Å². The van der Waals surface area contributed by atoms with Gasteiger partial charge in [-0.05, 0) is 48.7 Å². The molecule has 0 aromatic heterocycles. The van der Waals surface area contributed by atoms with Crippen LogP contribution in [0.3, 0.4) is 0 Å². The van der Waals surface area contributed by atoms with Crippen molar-refractivity contribution in [2.75, 3.05) is 31.1 Å². The molecule has 3 rings (SSSR count). The number of amides is 3. The van der Waals surface area contributed by atoms with E-state index in [1.807, 2.05) is 30.3 Å². The fourth-order valence-corrected chi connectivity index (χ4v) is 3.26. The van der Waals surface area contributed by atoms with Crippen molar-refractivity contribution in [3.8, 4) is 5.75 Å². The van der Waals surface area contributed by atoms with Gasteiger partial charge in [-0.15, -0.1) is 0 Å². The largest absolute Gasteiger partial charge is 0.484 e. The first kappa shape index (κ1) is 20.0. The van der Waals surface area contributed by atoms with E-state index in [0.29, 0.717) is 18.2 Å². The molecule has 1 unspecified atom stereocenters. The zero-order valence-electron chi connectivity index (χ0n) is 15.4. The average molecular weight is 447 g/mol. The number of hydrogen-bond donors (Lipinski definition) is 3. The van der Waals surface area contributed by atoms with E-state index < -0.39 is 11.9 Å². The van der Waals surface area contributed by atoms with Crippen LogP contribution in [0.15, 0.2) is 59.1 Å². The van der Waals surface area contributed by atoms with E-state index in [1.165, 1.54) is 5.69 Å². The second-order valence-corrected chi connectivity index (χ2v) is 7.48. The number of halogens is 1. The topological polar surface area (TPSA) is 82.7 Å². The second kappa shape index (κ2) is 9.98. The lowest BCUT2D eigenvalue weighted by Crippen LogP contribution is -2.49. The number of ether oxygens (including phenoxy) is 1. The zero-order chi connectivity index (χ0) is 19.8. The van der Waals surface area contributed by atoms with Crippen LogP contribution < -0.4 is 25.8 Å². The van der Waals surface area contributed by atoms with E-state index >= 15 is 0 Å². The smallest absolute Gasteiger partial charge is 0.333 e. The van der Waals surface area contributed by atoms with Gasteiger partial charge < -0.3 is 15.0 Å². The molecular formula is C20H23BrN4O3. The third kappa shape index (κ3) is 6.16. The van der Waals surface area contributed by atoms with E-state index in [2.05, 4.69) is 49.1 Å². The predicted molar refractivity (Wildman–Crippen MR) is 111 cm³/mol. The molecule has 0 spiro atoms. The normalized spacial score (nSPS) is 15.8. The van der Waals surface area contributed by atoms with E-state index in [-0.39, 0.29) is 6.61 Å². The quantitative estimate of drug-likeness (QED) is 0.595. The lowest BCUT2D eigenvalue weighted by atomic mass is 10.1. The van der Waals surface area contributed by atoms with Gasteiger partial charge in [-0.2, -0.15) is 0 Å². The van der Waals surface area contributed by atoms with Gasteiger partial charge in [0.25, 0.3) is 5.91 Å². The number of urea groups is 1. The number of benzene rings is 2. The van der Waals surface area contributed by atoms with Crippen molar-refractivity contribution in [2.24, 2.45) is 5.92 Å². The lowest BCUT2D eigenvalue weighted by molar-refractivity contribution is -0.123. The average Bonchev–Trinajstić information content (AvgIpc) is 3.20. The standard InChI is InChI=1S/C20H23BrN4O3/c21-16-6-8-18(9-7-16)28-14-19(26)23-24-20(27)22-12-15-10-11-25(13-15)17-4-2-1-3-5-17/h1-9,15H,10-14H2,(H,23,26)(H2,22,24,27). The minimum Gasteiger partial charge on any atom is -0.484 e. The van der Waals surface area contributed by atoms with Gasteiger partial charge in [0.2, 0.25) is 0 Å². The second-order valence-electron chi connectivity index (χ2n) is 6.56. The van der Waals surface area contributed by atoms with E-state index in [1.54, 1.807) is 12.1 Å². The first-order valence-corrected chi connectivity index (χ1v) is 9.90. The molecule has 0 saturated carbocycles. The summed E-state index contributed by atoms with van der Waals surface area (Å²) in [5, 5.41) is 2.79. The van der Waals surface area contributed by atoms with Crippen LogP contribution in [0.25, 0.3) is 0 Å². The molecule has 1 atom stereocenters. The maximum absolute atomic E-state index is 11.9. The molecule has 1 aliphatic heterocycles. The zero-order valence-corrected chi connectivity index (χ0v) is 16.9. The number of para-hydroxylation sites is 1. The molecule has 7 nitrogen and oxygen atoms in total. The number of rotatable bonds is 6. The van der Waals surface area contributed by atoms with Gasteiger partial charge in [-0.3, -0.25) is 10.2 Å². The van der Waals surface area contributed by atoms with Crippen molar-refractivity contribution >= 4 is 33.6 Å². The third-order valence-corrected chi connectivity index (χ3v) is 4.99. The Morgan fingerprint density at radius 2 is 1.82 bits per heavy atom. The Kier molecular flexibility index (Phi) is 7.13. The molecule has 3 N–H and O–H groups in total. The van der Waals surface area contributed by atoms with Crippen molar-refractivity contribution in [1.29, 1.82) is 0 Å². The summed E-state index contributed by atoms with van der Waals surface area (Å²) in [7, 11) is 0. The number of carbonyl (C=O) groups is 2. The first-order valence-electron chi connectivity index (χ1n) is 9.11. The molecule has 3 amide bonds. The molecule has 1 fully saturated rings. The summed E-state index contributed by atoms with van der Waals surface area (Å²) in [5.74, 6) is 0.517. The van der Waals surface area contributed by atoms with Crippen LogP contribution in [0.4, 0.5) is 10.5 Å². The number of carbonyl (C=O) groups excluding carboxylic acids is 2. The fraction of sp³-hybridized carbons (Fsp3) is 0.300. The van der Waals surface area contributed by atoms with Crippen molar-refractivity contribution in [3.05, 3.63) is 59.1 Å². The van der Waals surface area contributed by atoms with Crippen molar-refractivity contribution in [1.82, 2.24) is 16.2 Å². The molecule has 2 aromatic carbocycles. The van der Waals surface area contributed by atoms with Gasteiger partial charge >= 0.3 is 6.03 Å². The highest BCUT2D eigenvalue weighted by Gasteiger charge is 2.22. The Morgan fingerprint density at radius 3 is 2.57 bits per heavy atom. The number of anilines is 1. The van der Waals surface area contributed by atoms with Gasteiger partial charge in [0.05, 0.1) is 0 Å². The number of nitrogens with zero attached hydrogens (tertiary/aromatic N) is 1. The maximum Gasteiger partial charge on any atom is 0.333 e. The Bertz CT molecular complexity index is 786. The van der Waals surface area contributed by atoms with Gasteiger partial charge in [0, 0.05) is 29.8 Å². The highest BCUT2D eigenvalue weighted by atomic mass is 79.9. The van der Waals surface area contributed by atoms with Gasteiger partial charge in [0.1, 0.15) is 5.75 Å². The van der Waals surface area contributed by atoms with Crippen LogP contribution in [0.1, 0.15) is 6.42 Å². The summed E-state index contributed by atoms with van der Waals surface area (Å²) < 4.78 is 6.27. The SMILES string of the molecule is O=C(COc1ccc(Br)cc1)NNC(=O)NCC1CCN(c2ccccc2)C1. The predicted octanol–water partition coefficient (Wildman–Crippen LogP) is 2.68. The van der Waals surface area contributed by atoms with Gasteiger partial charge in [0.15, 0.2) is 6.61 Å². The molecule has 2 aromatic rings. The molecule has 148 valence electrons. The van der Waals surface area contributed by atoms with Crippen molar-refractivity contribution < 1.29 is 14.3 Å². The highest BCUT2D eigenvalue weighted by molar-refractivity contribution is 9.10. The Hall–Kier alpha value is -2.74. The van der Waals surface area contributed by atoms with E-state index in [4.69, 9.17) is 4.74 Å². The van der Waals surface area contributed by atoms with Crippen LogP contribution in [0.2, 0.25) is 0 Å². The maximum atomic E-state index is 11.9. The van der Waals surface area contributed by atoms with Crippen LogP contribution in [0, 0.1) is 5.92 Å². The molecule has 1 heterocycles. The summed E-state index contributed by atoms with van der Waals surface area (Å²) in [6.07, 6.45) is 1.02. The summed E-state index contributed by atoms with van der Waals surface area (Å²) in [6.45, 7) is 2.25. The highest BCUT2D eigenvalue weighted by Crippen LogP contribution is 2.22. The Labute approximate surface area is 172 Å². The Morgan fingerprint density at radius 1 is 1.07 bits per heavy atom. The minimum absolute atomic E-state index is 0.184. The molecule has 1 saturated heterocycles. The molecular weight excluding hydrogens is 424 g/mol. The summed E-state index contributed by atoms with van der Waals surface area (Å²) in [6, 6.07) is 16.9. The summed E-state index contributed by atoms with van der Waals surface area (Å²) in [4.78, 5) is 25.9. The summed E-state index contributed by atoms with van der Waals surface area (Å²) >= 11 is 3.33. The number of nitrogens with one attached hydrogen (secondary N) is 3. The van der Waals surface area contributed by atoms with Crippen LogP contribution in [-0.2, 0) is 4.79 Å². The van der Waals surface area contributed by atoms with Crippen molar-refractivity contribution in [2.45, 2.75) is 6.42 Å².